The van der Waals surface area contributed by atoms with E-state index in [4.69, 9.17) is 9.94 Å². The largest absolute Gasteiger partial charge is 0.481 e. The molecule has 0 saturated carbocycles. The summed E-state index contributed by atoms with van der Waals surface area (Å²) < 4.78 is 0.613. The van der Waals surface area contributed by atoms with Crippen LogP contribution in [0, 0.1) is 0 Å². The summed E-state index contributed by atoms with van der Waals surface area (Å²) in [5.74, 6) is -2.35. The summed E-state index contributed by atoms with van der Waals surface area (Å²) in [5.41, 5.74) is 0.406. The van der Waals surface area contributed by atoms with E-state index in [1.165, 1.54) is 27.3 Å². The number of carboxylic acid groups (broad SMARTS) is 1. The molecule has 0 aliphatic heterocycles. The number of aliphatic carboxylic acids is 1. The minimum absolute atomic E-state index is 0.0671. The van der Waals surface area contributed by atoms with Crippen LogP contribution in [0.1, 0.15) is 28.9 Å². The molecule has 1 amide bonds. The number of hydrogen-bond acceptors (Lipinski definition) is 4. The van der Waals surface area contributed by atoms with Crippen molar-refractivity contribution in [2.24, 2.45) is 0 Å². The molecule has 0 fully saturated rings. The zero-order valence-electron chi connectivity index (χ0n) is 10.2. The molecule has 0 aliphatic carbocycles. The molecule has 0 aromatic carbocycles. The molecule has 1 atom stereocenters. The number of aromatic nitrogens is 1. The van der Waals surface area contributed by atoms with E-state index in [0.717, 1.165) is 5.06 Å². The fraction of sp³-hybridized carbons (Fsp3) is 0.364. The molecular weight excluding hydrogens is 304 g/mol. The van der Waals surface area contributed by atoms with Crippen molar-refractivity contribution in [3.8, 4) is 0 Å². The third kappa shape index (κ3) is 3.05. The molecule has 0 aliphatic rings. The number of carbonyl (C=O) groups excluding carboxylic acids is 1. The maximum atomic E-state index is 12.0. The molecular formula is C11H13BrN2O4. The lowest BCUT2D eigenvalue weighted by atomic mass is 9.99. The number of carbonyl (C=O) groups is 2. The second kappa shape index (κ2) is 5.92. The highest BCUT2D eigenvalue weighted by atomic mass is 79.9. The molecule has 0 radical (unpaired) electrons. The predicted molar refractivity (Wildman–Crippen MR) is 67.1 cm³/mol. The fourth-order valence-corrected chi connectivity index (χ4v) is 1.68. The number of nitrogens with zero attached hydrogens (tertiary/aromatic N) is 2. The van der Waals surface area contributed by atoms with Gasteiger partial charge in [-0.05, 0) is 34.5 Å². The molecule has 7 heteroatoms. The molecule has 0 saturated heterocycles. The SMILES string of the molecule is CON(C)C(=O)c1ncc(Br)cc1C(C)C(=O)O. The first-order chi connectivity index (χ1) is 8.38. The molecule has 0 spiro atoms. The molecule has 98 valence electrons. The minimum atomic E-state index is -1.02. The third-order valence-electron chi connectivity index (χ3n) is 2.48. The summed E-state index contributed by atoms with van der Waals surface area (Å²) in [6.45, 7) is 1.50. The summed E-state index contributed by atoms with van der Waals surface area (Å²) in [5, 5.41) is 10.0. The fourth-order valence-electron chi connectivity index (χ4n) is 1.33. The smallest absolute Gasteiger partial charge is 0.310 e. The quantitative estimate of drug-likeness (QED) is 0.855. The monoisotopic (exact) mass is 316 g/mol. The molecule has 0 bridgehead atoms. The Morgan fingerprint density at radius 1 is 1.56 bits per heavy atom. The lowest BCUT2D eigenvalue weighted by Crippen LogP contribution is -2.28. The molecule has 1 rings (SSSR count). The standard InChI is InChI=1S/C11H13BrN2O4/c1-6(11(16)17)8-4-7(12)5-13-9(8)10(15)14(2)18-3/h4-6H,1-3H3,(H,16,17). The Bertz CT molecular complexity index is 478. The second-order valence-corrected chi connectivity index (χ2v) is 4.55. The molecule has 1 heterocycles. The van der Waals surface area contributed by atoms with Crippen molar-refractivity contribution in [1.82, 2.24) is 10.0 Å². The summed E-state index contributed by atoms with van der Waals surface area (Å²) >= 11 is 3.21. The maximum Gasteiger partial charge on any atom is 0.310 e. The second-order valence-electron chi connectivity index (χ2n) is 3.64. The van der Waals surface area contributed by atoms with Gasteiger partial charge in [0.05, 0.1) is 13.0 Å². The van der Waals surface area contributed by atoms with Crippen molar-refractivity contribution in [3.63, 3.8) is 0 Å². The van der Waals surface area contributed by atoms with Gasteiger partial charge >= 0.3 is 5.97 Å². The maximum absolute atomic E-state index is 12.0. The van der Waals surface area contributed by atoms with Gasteiger partial charge in [-0.15, -0.1) is 0 Å². The van der Waals surface area contributed by atoms with E-state index in [1.807, 2.05) is 0 Å². The number of amides is 1. The number of hydrogen-bond donors (Lipinski definition) is 1. The Morgan fingerprint density at radius 3 is 2.67 bits per heavy atom. The topological polar surface area (TPSA) is 79.7 Å². The van der Waals surface area contributed by atoms with Gasteiger partial charge < -0.3 is 5.11 Å². The van der Waals surface area contributed by atoms with Crippen molar-refractivity contribution >= 4 is 27.8 Å². The molecule has 1 aromatic rings. The van der Waals surface area contributed by atoms with Gasteiger partial charge in [0.2, 0.25) is 0 Å². The van der Waals surface area contributed by atoms with Crippen molar-refractivity contribution < 1.29 is 19.5 Å². The molecule has 1 N–H and O–H groups in total. The van der Waals surface area contributed by atoms with Crippen LogP contribution in [0.4, 0.5) is 0 Å². The highest BCUT2D eigenvalue weighted by Crippen LogP contribution is 2.23. The van der Waals surface area contributed by atoms with Gasteiger partial charge in [0, 0.05) is 17.7 Å². The Labute approximate surface area is 113 Å². The number of pyridine rings is 1. The molecule has 1 unspecified atom stereocenters. The highest BCUT2D eigenvalue weighted by Gasteiger charge is 2.24. The molecule has 1 aromatic heterocycles. The Balaban J connectivity index is 3.27. The first kappa shape index (κ1) is 14.6. The lowest BCUT2D eigenvalue weighted by Gasteiger charge is -2.17. The van der Waals surface area contributed by atoms with E-state index in [9.17, 15) is 9.59 Å². The van der Waals surface area contributed by atoms with Crippen molar-refractivity contribution in [3.05, 3.63) is 28.0 Å². The van der Waals surface area contributed by atoms with Crippen molar-refractivity contribution in [2.75, 3.05) is 14.2 Å². The summed E-state index contributed by atoms with van der Waals surface area (Å²) in [7, 11) is 2.78. The van der Waals surface area contributed by atoms with Gasteiger partial charge in [-0.2, -0.15) is 0 Å². The Morgan fingerprint density at radius 2 is 2.17 bits per heavy atom. The predicted octanol–water partition coefficient (Wildman–Crippen LogP) is 1.67. The lowest BCUT2D eigenvalue weighted by molar-refractivity contribution is -0.138. The minimum Gasteiger partial charge on any atom is -0.481 e. The first-order valence-corrected chi connectivity index (χ1v) is 5.88. The van der Waals surface area contributed by atoms with Crippen LogP contribution >= 0.6 is 15.9 Å². The van der Waals surface area contributed by atoms with Crippen LogP contribution in [0.2, 0.25) is 0 Å². The van der Waals surface area contributed by atoms with E-state index in [2.05, 4.69) is 20.9 Å². The zero-order chi connectivity index (χ0) is 13.9. The highest BCUT2D eigenvalue weighted by molar-refractivity contribution is 9.10. The molecule has 18 heavy (non-hydrogen) atoms. The summed E-state index contributed by atoms with van der Waals surface area (Å²) in [4.78, 5) is 31.7. The number of carboxylic acids is 1. The van der Waals surface area contributed by atoms with Crippen LogP contribution in [0.3, 0.4) is 0 Å². The van der Waals surface area contributed by atoms with Gasteiger partial charge in [0.15, 0.2) is 0 Å². The average Bonchev–Trinajstić information content (AvgIpc) is 2.35. The normalized spacial score (nSPS) is 12.0. The summed E-state index contributed by atoms with van der Waals surface area (Å²) in [6.07, 6.45) is 1.44. The van der Waals surface area contributed by atoms with E-state index in [1.54, 1.807) is 6.07 Å². The van der Waals surface area contributed by atoms with E-state index >= 15 is 0 Å². The average molecular weight is 317 g/mol. The van der Waals surface area contributed by atoms with Crippen LogP contribution in [-0.4, -0.2) is 41.2 Å². The Hall–Kier alpha value is -1.47. The van der Waals surface area contributed by atoms with Crippen molar-refractivity contribution in [1.29, 1.82) is 0 Å². The molecule has 6 nitrogen and oxygen atoms in total. The first-order valence-electron chi connectivity index (χ1n) is 5.09. The zero-order valence-corrected chi connectivity index (χ0v) is 11.8. The van der Waals surface area contributed by atoms with Gasteiger partial charge in [-0.1, -0.05) is 0 Å². The number of halogens is 1. The van der Waals surface area contributed by atoms with Crippen LogP contribution in [-0.2, 0) is 9.63 Å². The van der Waals surface area contributed by atoms with Gasteiger partial charge in [0.1, 0.15) is 5.69 Å². The van der Waals surface area contributed by atoms with E-state index < -0.39 is 17.8 Å². The summed E-state index contributed by atoms with van der Waals surface area (Å²) in [6, 6.07) is 1.57. The van der Waals surface area contributed by atoms with Gasteiger partial charge in [-0.3, -0.25) is 14.4 Å². The van der Waals surface area contributed by atoms with Gasteiger partial charge in [0.25, 0.3) is 5.91 Å². The van der Waals surface area contributed by atoms with E-state index in [0.29, 0.717) is 10.0 Å². The Kier molecular flexibility index (Phi) is 4.80. The van der Waals surface area contributed by atoms with Gasteiger partial charge in [-0.25, -0.2) is 10.0 Å². The van der Waals surface area contributed by atoms with Crippen LogP contribution < -0.4 is 0 Å². The third-order valence-corrected chi connectivity index (χ3v) is 2.92. The van der Waals surface area contributed by atoms with Crippen LogP contribution in [0.25, 0.3) is 0 Å². The van der Waals surface area contributed by atoms with Crippen LogP contribution in [0.15, 0.2) is 16.7 Å². The number of hydroxylamine groups is 2. The number of rotatable bonds is 4. The van der Waals surface area contributed by atoms with E-state index in [-0.39, 0.29) is 5.69 Å². The van der Waals surface area contributed by atoms with Crippen molar-refractivity contribution in [2.45, 2.75) is 12.8 Å². The van der Waals surface area contributed by atoms with Crippen LogP contribution in [0.5, 0.6) is 0 Å².